The fourth-order valence-electron chi connectivity index (χ4n) is 3.90. The molecule has 2 aromatic carbocycles. The zero-order valence-corrected chi connectivity index (χ0v) is 20.2. The van der Waals surface area contributed by atoms with E-state index in [9.17, 15) is 4.79 Å². The van der Waals surface area contributed by atoms with Crippen molar-refractivity contribution in [3.63, 3.8) is 0 Å². The van der Waals surface area contributed by atoms with Gasteiger partial charge in [0.1, 0.15) is 5.69 Å². The first-order chi connectivity index (χ1) is 16.4. The van der Waals surface area contributed by atoms with Crippen molar-refractivity contribution in [3.8, 4) is 17.3 Å². The molecule has 7 heteroatoms. The first-order valence-corrected chi connectivity index (χ1v) is 11.7. The molecule has 7 nitrogen and oxygen atoms in total. The van der Waals surface area contributed by atoms with Gasteiger partial charge in [-0.1, -0.05) is 50.2 Å². The highest BCUT2D eigenvalue weighted by atomic mass is 16.4. The SMILES string of the molecule is Cc1nnc(-c2cc(CC(C)C)n(-c3cccc(C(=O)NC(C)CCc4ccccc4)c3)n2)o1. The highest BCUT2D eigenvalue weighted by molar-refractivity contribution is 5.94. The summed E-state index contributed by atoms with van der Waals surface area (Å²) < 4.78 is 7.44. The van der Waals surface area contributed by atoms with Gasteiger partial charge in [-0.2, -0.15) is 5.10 Å². The lowest BCUT2D eigenvalue weighted by Crippen LogP contribution is -2.33. The highest BCUT2D eigenvalue weighted by Crippen LogP contribution is 2.23. The number of aryl methyl sites for hydroxylation is 2. The van der Waals surface area contributed by atoms with Gasteiger partial charge in [0.25, 0.3) is 11.8 Å². The molecule has 1 amide bonds. The Hall–Kier alpha value is -3.74. The van der Waals surface area contributed by atoms with Crippen molar-refractivity contribution in [2.24, 2.45) is 5.92 Å². The van der Waals surface area contributed by atoms with Crippen molar-refractivity contribution in [1.29, 1.82) is 0 Å². The Kier molecular flexibility index (Phi) is 7.21. The summed E-state index contributed by atoms with van der Waals surface area (Å²) in [6.45, 7) is 8.12. The van der Waals surface area contributed by atoms with Gasteiger partial charge < -0.3 is 9.73 Å². The quantitative estimate of drug-likeness (QED) is 0.374. The smallest absolute Gasteiger partial charge is 0.268 e. The van der Waals surface area contributed by atoms with Crippen molar-refractivity contribution in [2.45, 2.75) is 53.0 Å². The number of amides is 1. The molecule has 0 bridgehead atoms. The van der Waals surface area contributed by atoms with E-state index >= 15 is 0 Å². The Morgan fingerprint density at radius 1 is 1.03 bits per heavy atom. The summed E-state index contributed by atoms with van der Waals surface area (Å²) in [6.07, 6.45) is 2.62. The third-order valence-corrected chi connectivity index (χ3v) is 5.58. The summed E-state index contributed by atoms with van der Waals surface area (Å²) in [7, 11) is 0. The maximum Gasteiger partial charge on any atom is 0.268 e. The average Bonchev–Trinajstić information content (AvgIpc) is 3.44. The largest absolute Gasteiger partial charge is 0.420 e. The average molecular weight is 458 g/mol. The van der Waals surface area contributed by atoms with Gasteiger partial charge in [-0.3, -0.25) is 4.79 Å². The number of nitrogens with zero attached hydrogens (tertiary/aromatic N) is 4. The van der Waals surface area contributed by atoms with E-state index in [4.69, 9.17) is 9.52 Å². The Balaban J connectivity index is 1.52. The molecule has 2 heterocycles. The molecule has 0 aliphatic rings. The number of aromatic nitrogens is 4. The van der Waals surface area contributed by atoms with Crippen LogP contribution >= 0.6 is 0 Å². The number of rotatable bonds is 9. The standard InChI is InChI=1S/C27H31N5O2/c1-18(2)15-24-17-25(27-30-29-20(4)34-27)31-32(24)23-12-8-11-22(16-23)26(33)28-19(3)13-14-21-9-6-5-7-10-21/h5-12,16-19H,13-15H2,1-4H3,(H,28,33). The number of hydrogen-bond acceptors (Lipinski definition) is 5. The Bertz CT molecular complexity index is 1240. The molecule has 0 radical (unpaired) electrons. The van der Waals surface area contributed by atoms with Gasteiger partial charge in [0.15, 0.2) is 0 Å². The first kappa shape index (κ1) is 23.4. The van der Waals surface area contributed by atoms with Crippen LogP contribution in [0.1, 0.15) is 54.7 Å². The van der Waals surface area contributed by atoms with Crippen LogP contribution in [0.2, 0.25) is 0 Å². The lowest BCUT2D eigenvalue weighted by molar-refractivity contribution is 0.0938. The van der Waals surface area contributed by atoms with Crippen LogP contribution in [0.5, 0.6) is 0 Å². The molecular weight excluding hydrogens is 426 g/mol. The third-order valence-electron chi connectivity index (χ3n) is 5.58. The maximum absolute atomic E-state index is 13.0. The predicted molar refractivity (Wildman–Crippen MR) is 132 cm³/mol. The monoisotopic (exact) mass is 457 g/mol. The molecule has 4 aromatic rings. The van der Waals surface area contributed by atoms with E-state index in [2.05, 4.69) is 41.5 Å². The molecule has 176 valence electrons. The molecule has 1 N–H and O–H groups in total. The summed E-state index contributed by atoms with van der Waals surface area (Å²) in [5.74, 6) is 1.23. The summed E-state index contributed by atoms with van der Waals surface area (Å²) in [4.78, 5) is 13.0. The summed E-state index contributed by atoms with van der Waals surface area (Å²) >= 11 is 0. The zero-order valence-electron chi connectivity index (χ0n) is 20.2. The second kappa shape index (κ2) is 10.5. The molecule has 2 aromatic heterocycles. The molecule has 34 heavy (non-hydrogen) atoms. The third kappa shape index (κ3) is 5.78. The molecule has 0 saturated carbocycles. The van der Waals surface area contributed by atoms with E-state index in [1.54, 1.807) is 6.92 Å². The van der Waals surface area contributed by atoms with Crippen LogP contribution in [0, 0.1) is 12.8 Å². The Labute approximate surface area is 200 Å². The fraction of sp³-hybridized carbons (Fsp3) is 0.333. The molecule has 0 saturated heterocycles. The minimum absolute atomic E-state index is 0.0601. The van der Waals surface area contributed by atoms with Gasteiger partial charge in [-0.25, -0.2) is 4.68 Å². The van der Waals surface area contributed by atoms with Crippen molar-refractivity contribution in [3.05, 3.63) is 83.4 Å². The zero-order chi connectivity index (χ0) is 24.1. The van der Waals surface area contributed by atoms with E-state index in [0.717, 1.165) is 30.6 Å². The lowest BCUT2D eigenvalue weighted by Gasteiger charge is -2.15. The van der Waals surface area contributed by atoms with Gasteiger partial charge in [0, 0.05) is 24.2 Å². The van der Waals surface area contributed by atoms with Crippen molar-refractivity contribution in [1.82, 2.24) is 25.3 Å². The van der Waals surface area contributed by atoms with Crippen LogP contribution in [-0.4, -0.2) is 31.9 Å². The van der Waals surface area contributed by atoms with E-state index in [1.807, 2.05) is 60.1 Å². The molecular formula is C27H31N5O2. The van der Waals surface area contributed by atoms with Gasteiger partial charge in [0.2, 0.25) is 5.89 Å². The van der Waals surface area contributed by atoms with Gasteiger partial charge in [-0.05, 0) is 61.9 Å². The molecule has 1 unspecified atom stereocenters. The van der Waals surface area contributed by atoms with E-state index in [0.29, 0.717) is 29.0 Å². The number of nitrogens with one attached hydrogen (secondary N) is 1. The first-order valence-electron chi connectivity index (χ1n) is 11.7. The van der Waals surface area contributed by atoms with Crippen molar-refractivity contribution >= 4 is 5.91 Å². The molecule has 4 rings (SSSR count). The number of carbonyl (C=O) groups excluding carboxylic acids is 1. The van der Waals surface area contributed by atoms with Crippen LogP contribution in [0.4, 0.5) is 0 Å². The van der Waals surface area contributed by atoms with Crippen LogP contribution < -0.4 is 5.32 Å². The minimum atomic E-state index is -0.0901. The summed E-state index contributed by atoms with van der Waals surface area (Å²) in [5, 5.41) is 15.9. The van der Waals surface area contributed by atoms with E-state index in [1.165, 1.54) is 5.56 Å². The summed E-state index contributed by atoms with van der Waals surface area (Å²) in [6, 6.07) is 19.9. The highest BCUT2D eigenvalue weighted by Gasteiger charge is 2.18. The van der Waals surface area contributed by atoms with E-state index < -0.39 is 0 Å². The van der Waals surface area contributed by atoms with E-state index in [-0.39, 0.29) is 11.9 Å². The molecule has 0 spiro atoms. The molecule has 0 aliphatic carbocycles. The van der Waals surface area contributed by atoms with Crippen molar-refractivity contribution in [2.75, 3.05) is 0 Å². The number of carbonyl (C=O) groups is 1. The second-order valence-corrected chi connectivity index (χ2v) is 9.11. The second-order valence-electron chi connectivity index (χ2n) is 9.11. The predicted octanol–water partition coefficient (Wildman–Crippen LogP) is 5.18. The summed E-state index contributed by atoms with van der Waals surface area (Å²) in [5.41, 5.74) is 4.34. The normalized spacial score (nSPS) is 12.1. The van der Waals surface area contributed by atoms with Crippen LogP contribution in [0.15, 0.2) is 65.1 Å². The Morgan fingerprint density at radius 2 is 1.82 bits per heavy atom. The molecule has 0 aliphatic heterocycles. The molecule has 1 atom stereocenters. The molecule has 0 fully saturated rings. The van der Waals surface area contributed by atoms with Crippen LogP contribution in [0.3, 0.4) is 0 Å². The van der Waals surface area contributed by atoms with Gasteiger partial charge >= 0.3 is 0 Å². The van der Waals surface area contributed by atoms with Crippen LogP contribution in [0.25, 0.3) is 17.3 Å². The van der Waals surface area contributed by atoms with Crippen LogP contribution in [-0.2, 0) is 12.8 Å². The fourth-order valence-corrected chi connectivity index (χ4v) is 3.90. The number of hydrogen-bond donors (Lipinski definition) is 1. The number of benzene rings is 2. The topological polar surface area (TPSA) is 85.8 Å². The van der Waals surface area contributed by atoms with Crippen molar-refractivity contribution < 1.29 is 9.21 Å². The van der Waals surface area contributed by atoms with Gasteiger partial charge in [0.05, 0.1) is 5.69 Å². The maximum atomic E-state index is 13.0. The minimum Gasteiger partial charge on any atom is -0.420 e. The lowest BCUT2D eigenvalue weighted by atomic mass is 10.1. The Morgan fingerprint density at radius 3 is 2.53 bits per heavy atom. The van der Waals surface area contributed by atoms with Gasteiger partial charge in [-0.15, -0.1) is 10.2 Å².